The molecule has 1 aromatic heterocycles. The number of hydrogen-bond acceptors (Lipinski definition) is 4. The number of aromatic nitrogens is 2. The van der Waals surface area contributed by atoms with E-state index in [1.54, 1.807) is 0 Å². The number of fused-ring (bicyclic) bond motifs is 2. The van der Waals surface area contributed by atoms with E-state index in [1.807, 2.05) is 12.3 Å². The highest BCUT2D eigenvalue weighted by Crippen LogP contribution is 2.41. The van der Waals surface area contributed by atoms with E-state index in [-0.39, 0.29) is 0 Å². The van der Waals surface area contributed by atoms with Crippen molar-refractivity contribution in [3.63, 3.8) is 0 Å². The molecule has 2 fully saturated rings. The SMILES string of the molecule is CCCNc1ccnc(C2CC3CCC(C2)N3C)n1. The molecule has 2 aliphatic heterocycles. The van der Waals surface area contributed by atoms with Crippen molar-refractivity contribution in [2.75, 3.05) is 18.9 Å². The average Bonchev–Trinajstić information content (AvgIpc) is 2.68. The Kier molecular flexibility index (Phi) is 3.69. The Bertz CT molecular complexity index is 420. The second-order valence-electron chi connectivity index (χ2n) is 5.95. The van der Waals surface area contributed by atoms with Crippen LogP contribution in [-0.4, -0.2) is 40.5 Å². The molecule has 2 aliphatic rings. The van der Waals surface area contributed by atoms with Crippen LogP contribution in [-0.2, 0) is 0 Å². The molecular formula is C15H24N4. The molecule has 4 heteroatoms. The van der Waals surface area contributed by atoms with Crippen LogP contribution in [0.1, 0.15) is 50.8 Å². The van der Waals surface area contributed by atoms with Gasteiger partial charge >= 0.3 is 0 Å². The van der Waals surface area contributed by atoms with Crippen LogP contribution >= 0.6 is 0 Å². The van der Waals surface area contributed by atoms with Crippen LogP contribution < -0.4 is 5.32 Å². The first kappa shape index (κ1) is 12.9. The van der Waals surface area contributed by atoms with Gasteiger partial charge in [0.05, 0.1) is 0 Å². The third-order valence-electron chi connectivity index (χ3n) is 4.69. The van der Waals surface area contributed by atoms with E-state index in [0.29, 0.717) is 5.92 Å². The molecule has 19 heavy (non-hydrogen) atoms. The summed E-state index contributed by atoms with van der Waals surface area (Å²) in [6.07, 6.45) is 8.18. The van der Waals surface area contributed by atoms with Crippen molar-refractivity contribution in [1.82, 2.24) is 14.9 Å². The van der Waals surface area contributed by atoms with Crippen LogP contribution in [0.2, 0.25) is 0 Å². The van der Waals surface area contributed by atoms with Gasteiger partial charge in [0, 0.05) is 30.7 Å². The number of hydrogen-bond donors (Lipinski definition) is 1. The third kappa shape index (κ3) is 2.59. The summed E-state index contributed by atoms with van der Waals surface area (Å²) in [6.45, 7) is 3.15. The van der Waals surface area contributed by atoms with Crippen molar-refractivity contribution < 1.29 is 0 Å². The highest BCUT2D eigenvalue weighted by atomic mass is 15.2. The van der Waals surface area contributed by atoms with Gasteiger partial charge in [-0.15, -0.1) is 0 Å². The molecule has 0 radical (unpaired) electrons. The molecule has 0 saturated carbocycles. The van der Waals surface area contributed by atoms with E-state index >= 15 is 0 Å². The molecule has 3 rings (SSSR count). The molecular weight excluding hydrogens is 236 g/mol. The molecule has 0 spiro atoms. The van der Waals surface area contributed by atoms with Gasteiger partial charge in [0.15, 0.2) is 0 Å². The van der Waals surface area contributed by atoms with Gasteiger partial charge in [-0.05, 0) is 45.2 Å². The lowest BCUT2D eigenvalue weighted by Gasteiger charge is -2.35. The summed E-state index contributed by atoms with van der Waals surface area (Å²) >= 11 is 0. The monoisotopic (exact) mass is 260 g/mol. The van der Waals surface area contributed by atoms with E-state index in [9.17, 15) is 0 Å². The normalized spacial score (nSPS) is 30.5. The average molecular weight is 260 g/mol. The lowest BCUT2D eigenvalue weighted by molar-refractivity contribution is 0.159. The molecule has 2 saturated heterocycles. The first-order valence-corrected chi connectivity index (χ1v) is 7.56. The summed E-state index contributed by atoms with van der Waals surface area (Å²) in [5.41, 5.74) is 0. The zero-order valence-corrected chi connectivity index (χ0v) is 12.0. The minimum atomic E-state index is 0.553. The molecule has 104 valence electrons. The Balaban J connectivity index is 1.72. The molecule has 2 unspecified atom stereocenters. The molecule has 3 heterocycles. The van der Waals surface area contributed by atoms with Gasteiger partial charge in [0.2, 0.25) is 0 Å². The van der Waals surface area contributed by atoms with Crippen molar-refractivity contribution in [3.05, 3.63) is 18.1 Å². The largest absolute Gasteiger partial charge is 0.370 e. The van der Waals surface area contributed by atoms with Gasteiger partial charge in [-0.3, -0.25) is 0 Å². The predicted molar refractivity (Wildman–Crippen MR) is 77.4 cm³/mol. The second kappa shape index (κ2) is 5.45. The molecule has 2 atom stereocenters. The first-order chi connectivity index (χ1) is 9.28. The smallest absolute Gasteiger partial charge is 0.133 e. The summed E-state index contributed by atoms with van der Waals surface area (Å²) < 4.78 is 0. The van der Waals surface area contributed by atoms with Crippen LogP contribution in [0.4, 0.5) is 5.82 Å². The Hall–Kier alpha value is -1.16. The highest BCUT2D eigenvalue weighted by Gasteiger charge is 2.39. The molecule has 1 N–H and O–H groups in total. The zero-order chi connectivity index (χ0) is 13.2. The maximum Gasteiger partial charge on any atom is 0.133 e. The van der Waals surface area contributed by atoms with E-state index in [2.05, 4.69) is 29.2 Å². The van der Waals surface area contributed by atoms with Crippen molar-refractivity contribution in [3.8, 4) is 0 Å². The van der Waals surface area contributed by atoms with Crippen molar-refractivity contribution >= 4 is 5.82 Å². The fourth-order valence-corrected chi connectivity index (χ4v) is 3.54. The van der Waals surface area contributed by atoms with E-state index < -0.39 is 0 Å². The van der Waals surface area contributed by atoms with Crippen LogP contribution in [0.25, 0.3) is 0 Å². The predicted octanol–water partition coefficient (Wildman–Crippen LogP) is 2.64. The third-order valence-corrected chi connectivity index (χ3v) is 4.69. The molecule has 0 aliphatic carbocycles. The Morgan fingerprint density at radius 1 is 1.32 bits per heavy atom. The number of anilines is 1. The summed E-state index contributed by atoms with van der Waals surface area (Å²) in [5.74, 6) is 2.58. The van der Waals surface area contributed by atoms with Crippen LogP contribution in [0.15, 0.2) is 12.3 Å². The number of nitrogens with one attached hydrogen (secondary N) is 1. The van der Waals surface area contributed by atoms with Gasteiger partial charge in [0.25, 0.3) is 0 Å². The van der Waals surface area contributed by atoms with Gasteiger partial charge in [-0.25, -0.2) is 9.97 Å². The minimum Gasteiger partial charge on any atom is -0.370 e. The first-order valence-electron chi connectivity index (χ1n) is 7.56. The fraction of sp³-hybridized carbons (Fsp3) is 0.733. The topological polar surface area (TPSA) is 41.1 Å². The minimum absolute atomic E-state index is 0.553. The van der Waals surface area contributed by atoms with Gasteiger partial charge < -0.3 is 10.2 Å². The van der Waals surface area contributed by atoms with E-state index in [4.69, 9.17) is 4.98 Å². The van der Waals surface area contributed by atoms with Crippen LogP contribution in [0, 0.1) is 0 Å². The van der Waals surface area contributed by atoms with Crippen molar-refractivity contribution in [2.24, 2.45) is 0 Å². The number of nitrogens with zero attached hydrogens (tertiary/aromatic N) is 3. The summed E-state index contributed by atoms with van der Waals surface area (Å²) in [6, 6.07) is 3.47. The Morgan fingerprint density at radius 3 is 2.74 bits per heavy atom. The Labute approximate surface area is 115 Å². The second-order valence-corrected chi connectivity index (χ2v) is 5.95. The summed E-state index contributed by atoms with van der Waals surface area (Å²) in [7, 11) is 2.28. The van der Waals surface area contributed by atoms with Gasteiger partial charge in [0.1, 0.15) is 11.6 Å². The van der Waals surface area contributed by atoms with Crippen molar-refractivity contribution in [2.45, 2.75) is 57.0 Å². The van der Waals surface area contributed by atoms with E-state index in [0.717, 1.165) is 36.7 Å². The quantitative estimate of drug-likeness (QED) is 0.903. The molecule has 2 bridgehead atoms. The zero-order valence-electron chi connectivity index (χ0n) is 12.0. The standard InChI is InChI=1S/C15H24N4/c1-3-7-16-14-6-8-17-15(18-14)11-9-12-4-5-13(10-11)19(12)2/h6,8,11-13H,3-5,7,9-10H2,1-2H3,(H,16,17,18). The number of rotatable bonds is 4. The van der Waals surface area contributed by atoms with Gasteiger partial charge in [-0.1, -0.05) is 6.92 Å². The maximum absolute atomic E-state index is 4.71. The van der Waals surface area contributed by atoms with Crippen LogP contribution in [0.3, 0.4) is 0 Å². The number of piperidine rings is 1. The fourth-order valence-electron chi connectivity index (χ4n) is 3.54. The lowest BCUT2D eigenvalue weighted by Crippen LogP contribution is -2.39. The molecule has 0 aromatic carbocycles. The molecule has 1 aromatic rings. The van der Waals surface area contributed by atoms with Gasteiger partial charge in [-0.2, -0.15) is 0 Å². The highest BCUT2D eigenvalue weighted by molar-refractivity contribution is 5.33. The van der Waals surface area contributed by atoms with E-state index in [1.165, 1.54) is 25.7 Å². The molecule has 0 amide bonds. The summed E-state index contributed by atoms with van der Waals surface area (Å²) in [4.78, 5) is 11.8. The Morgan fingerprint density at radius 2 is 2.05 bits per heavy atom. The lowest BCUT2D eigenvalue weighted by atomic mass is 9.90. The van der Waals surface area contributed by atoms with Crippen LogP contribution in [0.5, 0.6) is 0 Å². The molecule has 4 nitrogen and oxygen atoms in total. The van der Waals surface area contributed by atoms with Crippen molar-refractivity contribution in [1.29, 1.82) is 0 Å². The summed E-state index contributed by atoms with van der Waals surface area (Å²) in [5, 5.41) is 3.36. The maximum atomic E-state index is 4.71.